The molecule has 1 aromatic carbocycles. The van der Waals surface area contributed by atoms with E-state index in [1.807, 2.05) is 11.2 Å². The van der Waals surface area contributed by atoms with Crippen LogP contribution in [-0.4, -0.2) is 49.5 Å². The largest absolute Gasteiger partial charge is 0.379 e. The number of nitrogens with zero attached hydrogens (tertiary/aromatic N) is 2. The highest BCUT2D eigenvalue weighted by molar-refractivity contribution is 5.52. The molecule has 0 aliphatic carbocycles. The monoisotopic (exact) mass is 263 g/mol. The lowest BCUT2D eigenvalue weighted by Crippen LogP contribution is -2.37. The number of para-hydroxylation sites is 1. The summed E-state index contributed by atoms with van der Waals surface area (Å²) in [6.07, 6.45) is 1.05. The van der Waals surface area contributed by atoms with Crippen LogP contribution in [0, 0.1) is 0 Å². The highest BCUT2D eigenvalue weighted by atomic mass is 16.7. The van der Waals surface area contributed by atoms with Crippen molar-refractivity contribution >= 4 is 5.69 Å². The van der Waals surface area contributed by atoms with E-state index in [0.717, 1.165) is 58.1 Å². The third kappa shape index (κ3) is 3.45. The zero-order chi connectivity index (χ0) is 12.9. The van der Waals surface area contributed by atoms with E-state index >= 15 is 0 Å². The maximum absolute atomic E-state index is 5.74. The van der Waals surface area contributed by atoms with Crippen molar-refractivity contribution in [3.63, 3.8) is 0 Å². The smallest absolute Gasteiger partial charge is 0.0723 e. The summed E-state index contributed by atoms with van der Waals surface area (Å²) in [5.74, 6) is 0. The topological polar surface area (TPSA) is 37.0 Å². The zero-order valence-electron chi connectivity index (χ0n) is 11.2. The lowest BCUT2D eigenvalue weighted by atomic mass is 10.2. The summed E-state index contributed by atoms with van der Waals surface area (Å²) in [5, 5.41) is 1.82. The molecule has 0 atom stereocenters. The Hall–Kier alpha value is -1.14. The molecule has 1 saturated heterocycles. The van der Waals surface area contributed by atoms with Gasteiger partial charge in [-0.3, -0.25) is 15.2 Å². The predicted octanol–water partition coefficient (Wildman–Crippen LogP) is 1.48. The van der Waals surface area contributed by atoms with Crippen molar-refractivity contribution < 1.29 is 9.57 Å². The standard InChI is InChI=1S/C14H21N3O2/c1-2-5-14-13(4-1)12-17(15-14)19-9-3-6-16-7-10-18-11-8-16/h1-2,4-5,15H,3,6-12H2. The summed E-state index contributed by atoms with van der Waals surface area (Å²) in [5.41, 5.74) is 5.69. The van der Waals surface area contributed by atoms with Crippen molar-refractivity contribution in [2.45, 2.75) is 13.0 Å². The number of benzene rings is 1. The molecule has 0 unspecified atom stereocenters. The van der Waals surface area contributed by atoms with Crippen LogP contribution in [0.3, 0.4) is 0 Å². The van der Waals surface area contributed by atoms with Crippen molar-refractivity contribution in [1.82, 2.24) is 10.1 Å². The SMILES string of the molecule is c1ccc2c(c1)CN(OCCCN1CCOCC1)N2. The third-order valence-electron chi connectivity index (χ3n) is 3.55. The van der Waals surface area contributed by atoms with Gasteiger partial charge in [0.05, 0.1) is 32.1 Å². The number of rotatable bonds is 5. The summed E-state index contributed by atoms with van der Waals surface area (Å²) in [4.78, 5) is 8.17. The quantitative estimate of drug-likeness (QED) is 0.815. The Bertz CT molecular complexity index is 382. The molecule has 1 aromatic rings. The molecule has 104 valence electrons. The molecule has 3 rings (SSSR count). The molecule has 5 heteroatoms. The van der Waals surface area contributed by atoms with Gasteiger partial charge in [0.2, 0.25) is 0 Å². The van der Waals surface area contributed by atoms with Crippen molar-refractivity contribution in [2.24, 2.45) is 0 Å². The Morgan fingerprint density at radius 3 is 2.89 bits per heavy atom. The maximum atomic E-state index is 5.74. The van der Waals surface area contributed by atoms with Gasteiger partial charge in [-0.15, -0.1) is 0 Å². The van der Waals surface area contributed by atoms with Gasteiger partial charge in [0, 0.05) is 19.6 Å². The molecule has 0 aromatic heterocycles. The molecule has 2 aliphatic heterocycles. The normalized spacial score (nSPS) is 20.2. The fourth-order valence-corrected chi connectivity index (χ4v) is 2.46. The van der Waals surface area contributed by atoms with Crippen LogP contribution in [0.25, 0.3) is 0 Å². The van der Waals surface area contributed by atoms with Crippen LogP contribution in [0.15, 0.2) is 24.3 Å². The average Bonchev–Trinajstić information content (AvgIpc) is 2.87. The van der Waals surface area contributed by atoms with Gasteiger partial charge in [0.25, 0.3) is 0 Å². The fourth-order valence-electron chi connectivity index (χ4n) is 2.46. The number of hydrogen-bond acceptors (Lipinski definition) is 5. The van der Waals surface area contributed by atoms with E-state index in [1.54, 1.807) is 0 Å². The number of hydroxylamine groups is 1. The van der Waals surface area contributed by atoms with Gasteiger partial charge in [-0.25, -0.2) is 0 Å². The Morgan fingerprint density at radius 1 is 1.21 bits per heavy atom. The van der Waals surface area contributed by atoms with E-state index < -0.39 is 0 Å². The number of hydrogen-bond donors (Lipinski definition) is 1. The first-order chi connectivity index (χ1) is 9.42. The Balaban J connectivity index is 1.33. The van der Waals surface area contributed by atoms with Crippen LogP contribution >= 0.6 is 0 Å². The molecule has 0 radical (unpaired) electrons. The van der Waals surface area contributed by atoms with Crippen molar-refractivity contribution in [1.29, 1.82) is 0 Å². The highest BCUT2D eigenvalue weighted by Crippen LogP contribution is 2.24. The molecular formula is C14H21N3O2. The van der Waals surface area contributed by atoms with Gasteiger partial charge in [-0.05, 0) is 18.1 Å². The predicted molar refractivity (Wildman–Crippen MR) is 73.4 cm³/mol. The number of hydrazine groups is 1. The second kappa shape index (κ2) is 6.34. The van der Waals surface area contributed by atoms with Crippen LogP contribution in [-0.2, 0) is 16.1 Å². The number of anilines is 1. The van der Waals surface area contributed by atoms with E-state index in [4.69, 9.17) is 9.57 Å². The van der Waals surface area contributed by atoms with E-state index in [2.05, 4.69) is 28.5 Å². The first-order valence-electron chi connectivity index (χ1n) is 6.97. The first-order valence-corrected chi connectivity index (χ1v) is 6.97. The zero-order valence-corrected chi connectivity index (χ0v) is 11.2. The molecule has 2 heterocycles. The number of fused-ring (bicyclic) bond motifs is 1. The van der Waals surface area contributed by atoms with Gasteiger partial charge in [-0.1, -0.05) is 23.4 Å². The van der Waals surface area contributed by atoms with Crippen molar-refractivity contribution in [3.8, 4) is 0 Å². The molecule has 0 amide bonds. The van der Waals surface area contributed by atoms with E-state index in [-0.39, 0.29) is 0 Å². The molecule has 0 spiro atoms. The second-order valence-corrected chi connectivity index (χ2v) is 4.95. The molecule has 0 saturated carbocycles. The summed E-state index contributed by atoms with van der Waals surface area (Å²) in [6, 6.07) is 8.29. The molecule has 19 heavy (non-hydrogen) atoms. The lowest BCUT2D eigenvalue weighted by molar-refractivity contribution is -0.143. The third-order valence-corrected chi connectivity index (χ3v) is 3.55. The molecule has 1 fully saturated rings. The second-order valence-electron chi connectivity index (χ2n) is 4.95. The summed E-state index contributed by atoms with van der Waals surface area (Å²) in [6.45, 7) is 6.48. The molecule has 2 aliphatic rings. The van der Waals surface area contributed by atoms with Crippen LogP contribution in [0.4, 0.5) is 5.69 Å². The Labute approximate surface area is 114 Å². The van der Waals surface area contributed by atoms with Crippen LogP contribution in [0.1, 0.15) is 12.0 Å². The molecular weight excluding hydrogens is 242 g/mol. The van der Waals surface area contributed by atoms with Crippen molar-refractivity contribution in [3.05, 3.63) is 29.8 Å². The lowest BCUT2D eigenvalue weighted by Gasteiger charge is -2.26. The van der Waals surface area contributed by atoms with E-state index in [1.165, 1.54) is 5.56 Å². The minimum atomic E-state index is 0.748. The summed E-state index contributed by atoms with van der Waals surface area (Å²) < 4.78 is 5.33. The number of nitrogens with one attached hydrogen (secondary N) is 1. The highest BCUT2D eigenvalue weighted by Gasteiger charge is 2.18. The van der Waals surface area contributed by atoms with Gasteiger partial charge < -0.3 is 4.74 Å². The minimum absolute atomic E-state index is 0.748. The van der Waals surface area contributed by atoms with Crippen LogP contribution in [0.2, 0.25) is 0 Å². The average molecular weight is 263 g/mol. The summed E-state index contributed by atoms with van der Waals surface area (Å²) >= 11 is 0. The van der Waals surface area contributed by atoms with E-state index in [0.29, 0.717) is 0 Å². The number of ether oxygens (including phenoxy) is 1. The Morgan fingerprint density at radius 2 is 2.05 bits per heavy atom. The van der Waals surface area contributed by atoms with Gasteiger partial charge in [-0.2, -0.15) is 0 Å². The summed E-state index contributed by atoms with van der Waals surface area (Å²) in [7, 11) is 0. The van der Waals surface area contributed by atoms with Gasteiger partial charge in [0.1, 0.15) is 0 Å². The van der Waals surface area contributed by atoms with Gasteiger partial charge >= 0.3 is 0 Å². The number of morpholine rings is 1. The van der Waals surface area contributed by atoms with Crippen LogP contribution < -0.4 is 5.43 Å². The molecule has 5 nitrogen and oxygen atoms in total. The Kier molecular flexibility index (Phi) is 4.30. The van der Waals surface area contributed by atoms with Crippen molar-refractivity contribution in [2.75, 3.05) is 44.9 Å². The minimum Gasteiger partial charge on any atom is -0.379 e. The fraction of sp³-hybridized carbons (Fsp3) is 0.571. The van der Waals surface area contributed by atoms with Gasteiger partial charge in [0.15, 0.2) is 0 Å². The maximum Gasteiger partial charge on any atom is 0.0723 e. The molecule has 0 bridgehead atoms. The first kappa shape index (κ1) is 12.9. The van der Waals surface area contributed by atoms with E-state index in [9.17, 15) is 0 Å². The molecule has 1 N–H and O–H groups in total. The van der Waals surface area contributed by atoms with Crippen LogP contribution in [0.5, 0.6) is 0 Å².